The maximum absolute atomic E-state index is 2.84. The van der Waals surface area contributed by atoms with E-state index in [0.29, 0.717) is 0 Å². The zero-order valence-corrected chi connectivity index (χ0v) is 38.0. The quantitative estimate of drug-likeness (QED) is 0.0441. The predicted molar refractivity (Wildman–Crippen MR) is 255 cm³/mol. The minimum Gasteiger partial charge on any atom is -0.303 e. The normalized spacial score (nSPS) is 12.7. The lowest BCUT2D eigenvalue weighted by Crippen LogP contribution is -2.27. The second-order valence-corrected chi connectivity index (χ2v) is 16.6. The van der Waals surface area contributed by atoms with E-state index >= 15 is 0 Å². The molecule has 0 atom stereocenters. The number of nitrogens with zero attached hydrogens (tertiary/aromatic N) is 1. The Morgan fingerprint density at radius 3 is 0.655 bits per heavy atom. The van der Waals surface area contributed by atoms with Gasteiger partial charge in [-0.05, 0) is 135 Å². The van der Waals surface area contributed by atoms with Gasteiger partial charge in [-0.3, -0.25) is 0 Å². The maximum atomic E-state index is 2.84. The molecular weight excluding hydrogens is 663 g/mol. The molecule has 0 N–H and O–H groups in total. The minimum absolute atomic E-state index is 1.12. The SMILES string of the molecule is CCCCCC=CCC=CCCCCCCCCN(CCCCCCCCC=CCC=CCCCCC)CCCCCCCCC=CCC=CCCCCC. The summed E-state index contributed by atoms with van der Waals surface area (Å²) in [5, 5.41) is 0. The van der Waals surface area contributed by atoms with Crippen LogP contribution in [0.15, 0.2) is 72.9 Å². The van der Waals surface area contributed by atoms with E-state index in [0.717, 1.165) is 19.3 Å². The first-order chi connectivity index (χ1) is 27.3. The fourth-order valence-electron chi connectivity index (χ4n) is 7.31. The summed E-state index contributed by atoms with van der Waals surface area (Å²) in [4.78, 5) is 2.84. The average Bonchev–Trinajstić information content (AvgIpc) is 3.20. The molecule has 0 aromatic rings. The van der Waals surface area contributed by atoms with E-state index in [2.05, 4.69) is 98.6 Å². The van der Waals surface area contributed by atoms with Gasteiger partial charge < -0.3 is 4.90 Å². The lowest BCUT2D eigenvalue weighted by Gasteiger charge is -2.22. The van der Waals surface area contributed by atoms with Gasteiger partial charge in [-0.25, -0.2) is 0 Å². The molecule has 0 aliphatic heterocycles. The number of hydrogen-bond donors (Lipinski definition) is 0. The fourth-order valence-corrected chi connectivity index (χ4v) is 7.31. The van der Waals surface area contributed by atoms with Gasteiger partial charge >= 0.3 is 0 Å². The molecule has 0 aromatic carbocycles. The predicted octanol–water partition coefficient (Wildman–Crippen LogP) is 18.7. The first-order valence-corrected chi connectivity index (χ1v) is 25.0. The summed E-state index contributed by atoms with van der Waals surface area (Å²) in [7, 11) is 0. The van der Waals surface area contributed by atoms with Gasteiger partial charge in [-0.15, -0.1) is 0 Å². The lowest BCUT2D eigenvalue weighted by atomic mass is 10.1. The van der Waals surface area contributed by atoms with Gasteiger partial charge in [-0.2, -0.15) is 0 Å². The molecule has 0 spiro atoms. The molecule has 0 fully saturated rings. The molecule has 1 nitrogen and oxygen atoms in total. The third-order valence-corrected chi connectivity index (χ3v) is 11.0. The van der Waals surface area contributed by atoms with Crippen LogP contribution in [0.5, 0.6) is 0 Å². The molecule has 320 valence electrons. The van der Waals surface area contributed by atoms with E-state index in [4.69, 9.17) is 0 Å². The molecule has 55 heavy (non-hydrogen) atoms. The molecule has 0 bridgehead atoms. The maximum Gasteiger partial charge on any atom is -0.00187 e. The first-order valence-electron chi connectivity index (χ1n) is 25.0. The zero-order valence-electron chi connectivity index (χ0n) is 38.0. The van der Waals surface area contributed by atoms with Crippen LogP contribution in [0, 0.1) is 0 Å². The third-order valence-electron chi connectivity index (χ3n) is 11.0. The van der Waals surface area contributed by atoms with Crippen molar-refractivity contribution in [3.05, 3.63) is 72.9 Å². The highest BCUT2D eigenvalue weighted by molar-refractivity contribution is 4.94. The molecule has 0 heterocycles. The van der Waals surface area contributed by atoms with E-state index < -0.39 is 0 Å². The summed E-state index contributed by atoms with van der Waals surface area (Å²) >= 11 is 0. The number of hydrogen-bond acceptors (Lipinski definition) is 1. The Hall–Kier alpha value is -1.60. The standard InChI is InChI=1S/C54H99N/c1-4-7-10-13-16-19-22-25-28-31-34-37-40-43-46-49-52-55(53-50-47-44-41-38-35-32-29-26-23-20-17-14-11-8-5-2)54-51-48-45-42-39-36-33-30-27-24-21-18-15-12-9-6-3/h16-21,25-30H,4-15,22-24,31-54H2,1-3H3. The van der Waals surface area contributed by atoms with Crippen molar-refractivity contribution in [3.8, 4) is 0 Å². The summed E-state index contributed by atoms with van der Waals surface area (Å²) in [6, 6.07) is 0. The molecule has 0 radical (unpaired) electrons. The van der Waals surface area contributed by atoms with Gasteiger partial charge in [0.05, 0.1) is 0 Å². The fraction of sp³-hybridized carbons (Fsp3) is 0.778. The van der Waals surface area contributed by atoms with Gasteiger partial charge in [0.1, 0.15) is 0 Å². The first kappa shape index (κ1) is 53.4. The molecule has 0 aliphatic carbocycles. The average molecular weight is 762 g/mol. The van der Waals surface area contributed by atoms with E-state index in [1.165, 1.54) is 232 Å². The van der Waals surface area contributed by atoms with Gasteiger partial charge in [0.2, 0.25) is 0 Å². The summed E-state index contributed by atoms with van der Waals surface area (Å²) in [6.07, 6.45) is 76.8. The summed E-state index contributed by atoms with van der Waals surface area (Å²) < 4.78 is 0. The van der Waals surface area contributed by atoms with Crippen molar-refractivity contribution in [3.63, 3.8) is 0 Å². The molecule has 0 aliphatic rings. The van der Waals surface area contributed by atoms with E-state index in [9.17, 15) is 0 Å². The van der Waals surface area contributed by atoms with Crippen molar-refractivity contribution in [2.24, 2.45) is 0 Å². The molecule has 0 unspecified atom stereocenters. The van der Waals surface area contributed by atoms with Crippen molar-refractivity contribution in [1.29, 1.82) is 0 Å². The summed E-state index contributed by atoms with van der Waals surface area (Å²) in [5.41, 5.74) is 0. The smallest absolute Gasteiger partial charge is 0.00187 e. The second kappa shape index (κ2) is 50.4. The molecule has 0 saturated carbocycles. The van der Waals surface area contributed by atoms with Crippen molar-refractivity contribution in [1.82, 2.24) is 4.90 Å². The van der Waals surface area contributed by atoms with Crippen LogP contribution in [0.4, 0.5) is 0 Å². The van der Waals surface area contributed by atoms with Gasteiger partial charge in [-0.1, -0.05) is 209 Å². The Balaban J connectivity index is 4.13. The second-order valence-electron chi connectivity index (χ2n) is 16.6. The molecular formula is C54H99N. The van der Waals surface area contributed by atoms with Crippen LogP contribution in [0.3, 0.4) is 0 Å². The van der Waals surface area contributed by atoms with E-state index in [1.54, 1.807) is 0 Å². The monoisotopic (exact) mass is 762 g/mol. The van der Waals surface area contributed by atoms with Crippen LogP contribution in [0.25, 0.3) is 0 Å². The van der Waals surface area contributed by atoms with Crippen LogP contribution in [0.1, 0.15) is 252 Å². The number of unbranched alkanes of at least 4 members (excludes halogenated alkanes) is 27. The third kappa shape index (κ3) is 48.5. The van der Waals surface area contributed by atoms with Crippen LogP contribution in [0.2, 0.25) is 0 Å². The van der Waals surface area contributed by atoms with Crippen LogP contribution in [-0.2, 0) is 0 Å². The summed E-state index contributed by atoms with van der Waals surface area (Å²) in [6.45, 7) is 10.8. The van der Waals surface area contributed by atoms with E-state index in [-0.39, 0.29) is 0 Å². The van der Waals surface area contributed by atoms with Crippen molar-refractivity contribution in [2.45, 2.75) is 252 Å². The van der Waals surface area contributed by atoms with Crippen molar-refractivity contribution < 1.29 is 0 Å². The molecule has 1 heteroatoms. The number of rotatable bonds is 45. The van der Waals surface area contributed by atoms with Gasteiger partial charge in [0.15, 0.2) is 0 Å². The Kier molecular flexibility index (Phi) is 49.0. The lowest BCUT2D eigenvalue weighted by molar-refractivity contribution is 0.254. The van der Waals surface area contributed by atoms with E-state index in [1.807, 2.05) is 0 Å². The van der Waals surface area contributed by atoms with Crippen LogP contribution >= 0.6 is 0 Å². The summed E-state index contributed by atoms with van der Waals surface area (Å²) in [5.74, 6) is 0. The molecule has 0 amide bonds. The Morgan fingerprint density at radius 2 is 0.418 bits per heavy atom. The minimum atomic E-state index is 1.12. The Labute approximate surface area is 348 Å². The topological polar surface area (TPSA) is 3.24 Å². The largest absolute Gasteiger partial charge is 0.303 e. The van der Waals surface area contributed by atoms with Crippen LogP contribution < -0.4 is 0 Å². The van der Waals surface area contributed by atoms with Crippen LogP contribution in [-0.4, -0.2) is 24.5 Å². The van der Waals surface area contributed by atoms with Gasteiger partial charge in [0, 0.05) is 0 Å². The highest BCUT2D eigenvalue weighted by Crippen LogP contribution is 2.14. The molecule has 0 saturated heterocycles. The molecule has 0 aromatic heterocycles. The zero-order chi connectivity index (χ0) is 39.6. The highest BCUT2D eigenvalue weighted by atomic mass is 15.1. The van der Waals surface area contributed by atoms with Crippen molar-refractivity contribution >= 4 is 0 Å². The Morgan fingerprint density at radius 1 is 0.218 bits per heavy atom. The van der Waals surface area contributed by atoms with Crippen molar-refractivity contribution in [2.75, 3.05) is 19.6 Å². The van der Waals surface area contributed by atoms with Gasteiger partial charge in [0.25, 0.3) is 0 Å². The Bertz CT molecular complexity index is 758. The highest BCUT2D eigenvalue weighted by Gasteiger charge is 2.05. The number of allylic oxidation sites excluding steroid dienone is 12. The molecule has 0 rings (SSSR count).